The number of Topliss-reactive ketones (excluding diaryl/α,β-unsaturated/α-hetero) is 1. The van der Waals surface area contributed by atoms with Crippen LogP contribution in [-0.2, 0) is 17.6 Å². The van der Waals surface area contributed by atoms with Gasteiger partial charge in [0.1, 0.15) is 5.78 Å². The van der Waals surface area contributed by atoms with Crippen molar-refractivity contribution in [2.45, 2.75) is 39.2 Å². The number of rotatable bonds is 6. The van der Waals surface area contributed by atoms with Gasteiger partial charge in [-0.3, -0.25) is 9.48 Å². The molecule has 0 bridgehead atoms. The number of aromatic nitrogens is 2. The van der Waals surface area contributed by atoms with Gasteiger partial charge in [-0.1, -0.05) is 19.1 Å². The minimum atomic E-state index is 0.157. The molecule has 2 N–H and O–H groups in total. The van der Waals surface area contributed by atoms with Gasteiger partial charge in [-0.15, -0.1) is 0 Å². The van der Waals surface area contributed by atoms with Crippen molar-refractivity contribution in [2.75, 3.05) is 5.73 Å². The molecule has 0 aliphatic rings. The SMILES string of the molecule is CCC(C)n1ccc(CC(=O)Cc2cccc(N)c2)n1. The minimum absolute atomic E-state index is 0.157. The molecule has 1 aromatic heterocycles. The van der Waals surface area contributed by atoms with Crippen LogP contribution in [0.15, 0.2) is 36.5 Å². The van der Waals surface area contributed by atoms with Gasteiger partial charge in [-0.05, 0) is 37.1 Å². The third-order valence-electron chi connectivity index (χ3n) is 3.44. The summed E-state index contributed by atoms with van der Waals surface area (Å²) >= 11 is 0. The first-order valence-corrected chi connectivity index (χ1v) is 6.98. The van der Waals surface area contributed by atoms with E-state index in [2.05, 4.69) is 18.9 Å². The molecule has 4 heteroatoms. The van der Waals surface area contributed by atoms with Crippen molar-refractivity contribution in [2.24, 2.45) is 0 Å². The monoisotopic (exact) mass is 271 g/mol. The molecule has 0 saturated heterocycles. The van der Waals surface area contributed by atoms with Crippen molar-refractivity contribution >= 4 is 11.5 Å². The summed E-state index contributed by atoms with van der Waals surface area (Å²) < 4.78 is 1.92. The number of hydrogen-bond donors (Lipinski definition) is 1. The molecule has 20 heavy (non-hydrogen) atoms. The van der Waals surface area contributed by atoms with Crippen molar-refractivity contribution in [3.63, 3.8) is 0 Å². The number of benzene rings is 1. The predicted molar refractivity (Wildman–Crippen MR) is 80.5 cm³/mol. The van der Waals surface area contributed by atoms with Crippen LogP contribution in [0.25, 0.3) is 0 Å². The average Bonchev–Trinajstić information content (AvgIpc) is 2.86. The molecule has 0 aliphatic heterocycles. The highest BCUT2D eigenvalue weighted by atomic mass is 16.1. The van der Waals surface area contributed by atoms with E-state index in [1.807, 2.05) is 41.2 Å². The normalized spacial score (nSPS) is 12.3. The Balaban J connectivity index is 1.96. The Morgan fingerprint density at radius 3 is 2.85 bits per heavy atom. The first-order valence-electron chi connectivity index (χ1n) is 6.98. The van der Waals surface area contributed by atoms with E-state index in [4.69, 9.17) is 5.73 Å². The summed E-state index contributed by atoms with van der Waals surface area (Å²) in [5.41, 5.74) is 8.19. The third-order valence-corrected chi connectivity index (χ3v) is 3.44. The zero-order valence-corrected chi connectivity index (χ0v) is 12.0. The molecule has 0 radical (unpaired) electrons. The molecule has 0 aliphatic carbocycles. The summed E-state index contributed by atoms with van der Waals surface area (Å²) in [6.07, 6.45) is 3.75. The van der Waals surface area contributed by atoms with Crippen molar-refractivity contribution in [3.8, 4) is 0 Å². The Kier molecular flexibility index (Phi) is 4.56. The number of carbonyl (C=O) groups is 1. The van der Waals surface area contributed by atoms with Crippen LogP contribution in [0.1, 0.15) is 37.6 Å². The highest BCUT2D eigenvalue weighted by molar-refractivity contribution is 5.82. The lowest BCUT2D eigenvalue weighted by Crippen LogP contribution is -2.09. The lowest BCUT2D eigenvalue weighted by atomic mass is 10.1. The van der Waals surface area contributed by atoms with Gasteiger partial charge in [0.05, 0.1) is 12.1 Å². The van der Waals surface area contributed by atoms with Crippen LogP contribution < -0.4 is 5.73 Å². The Morgan fingerprint density at radius 2 is 2.15 bits per heavy atom. The van der Waals surface area contributed by atoms with E-state index in [1.165, 1.54) is 0 Å². The molecular formula is C16H21N3O. The number of carbonyl (C=O) groups excluding carboxylic acids is 1. The Hall–Kier alpha value is -2.10. The maximum Gasteiger partial charge on any atom is 0.143 e. The quantitative estimate of drug-likeness (QED) is 0.822. The molecule has 1 aromatic carbocycles. The average molecular weight is 271 g/mol. The van der Waals surface area contributed by atoms with Gasteiger partial charge in [-0.2, -0.15) is 5.10 Å². The molecule has 1 unspecified atom stereocenters. The second-order valence-corrected chi connectivity index (χ2v) is 5.18. The van der Waals surface area contributed by atoms with Crippen LogP contribution in [0, 0.1) is 0 Å². The summed E-state index contributed by atoms with van der Waals surface area (Å²) in [5.74, 6) is 0.157. The molecule has 0 amide bonds. The van der Waals surface area contributed by atoms with Gasteiger partial charge in [0, 0.05) is 24.3 Å². The lowest BCUT2D eigenvalue weighted by Gasteiger charge is -2.08. The second kappa shape index (κ2) is 6.37. The fourth-order valence-corrected chi connectivity index (χ4v) is 2.10. The molecule has 2 rings (SSSR count). The van der Waals surface area contributed by atoms with Gasteiger partial charge in [0.25, 0.3) is 0 Å². The zero-order chi connectivity index (χ0) is 14.5. The van der Waals surface area contributed by atoms with Crippen LogP contribution >= 0.6 is 0 Å². The van der Waals surface area contributed by atoms with E-state index >= 15 is 0 Å². The largest absolute Gasteiger partial charge is 0.399 e. The topological polar surface area (TPSA) is 60.9 Å². The van der Waals surface area contributed by atoms with E-state index in [-0.39, 0.29) is 5.78 Å². The molecule has 0 fully saturated rings. The zero-order valence-electron chi connectivity index (χ0n) is 12.0. The molecule has 1 heterocycles. The van der Waals surface area contributed by atoms with Crippen molar-refractivity contribution in [1.29, 1.82) is 0 Å². The Morgan fingerprint density at radius 1 is 1.35 bits per heavy atom. The molecule has 2 aromatic rings. The van der Waals surface area contributed by atoms with Gasteiger partial charge in [0.2, 0.25) is 0 Å². The second-order valence-electron chi connectivity index (χ2n) is 5.18. The molecular weight excluding hydrogens is 250 g/mol. The van der Waals surface area contributed by atoms with E-state index in [0.717, 1.165) is 17.7 Å². The van der Waals surface area contributed by atoms with Crippen LogP contribution in [-0.4, -0.2) is 15.6 Å². The maximum atomic E-state index is 12.1. The molecule has 1 atom stereocenters. The smallest absolute Gasteiger partial charge is 0.143 e. The predicted octanol–water partition coefficient (Wildman–Crippen LogP) is 2.79. The van der Waals surface area contributed by atoms with Crippen LogP contribution in [0.5, 0.6) is 0 Å². The number of nitrogens with two attached hydrogens (primary N) is 1. The third kappa shape index (κ3) is 3.70. The fraction of sp³-hybridized carbons (Fsp3) is 0.375. The Bertz CT molecular complexity index is 589. The lowest BCUT2D eigenvalue weighted by molar-refractivity contribution is -0.117. The van der Waals surface area contributed by atoms with Crippen LogP contribution in [0.2, 0.25) is 0 Å². The van der Waals surface area contributed by atoms with Gasteiger partial charge in [0.15, 0.2) is 0 Å². The summed E-state index contributed by atoms with van der Waals surface area (Å²) in [5, 5.41) is 4.45. The number of nitrogen functional groups attached to an aromatic ring is 1. The van der Waals surface area contributed by atoms with Crippen molar-refractivity contribution in [1.82, 2.24) is 9.78 Å². The van der Waals surface area contributed by atoms with Gasteiger partial charge < -0.3 is 5.73 Å². The van der Waals surface area contributed by atoms with Gasteiger partial charge in [-0.25, -0.2) is 0 Å². The molecule has 4 nitrogen and oxygen atoms in total. The standard InChI is InChI=1S/C16H21N3O/c1-3-12(2)19-8-7-15(18-19)11-16(20)10-13-5-4-6-14(17)9-13/h4-9,12H,3,10-11,17H2,1-2H3. The molecule has 0 spiro atoms. The van der Waals surface area contributed by atoms with E-state index < -0.39 is 0 Å². The first-order chi connectivity index (χ1) is 9.58. The highest BCUT2D eigenvalue weighted by Crippen LogP contribution is 2.11. The van der Waals surface area contributed by atoms with Crippen LogP contribution in [0.4, 0.5) is 5.69 Å². The number of nitrogens with zero attached hydrogens (tertiary/aromatic N) is 2. The van der Waals surface area contributed by atoms with E-state index in [9.17, 15) is 4.79 Å². The number of hydrogen-bond acceptors (Lipinski definition) is 3. The molecule has 0 saturated carbocycles. The first kappa shape index (κ1) is 14.3. The summed E-state index contributed by atoms with van der Waals surface area (Å²) in [7, 11) is 0. The fourth-order valence-electron chi connectivity index (χ4n) is 2.10. The summed E-state index contributed by atoms with van der Waals surface area (Å²) in [6.45, 7) is 4.24. The van der Waals surface area contributed by atoms with Crippen molar-refractivity contribution < 1.29 is 4.79 Å². The summed E-state index contributed by atoms with van der Waals surface area (Å²) in [6, 6.07) is 9.75. The highest BCUT2D eigenvalue weighted by Gasteiger charge is 2.09. The minimum Gasteiger partial charge on any atom is -0.399 e. The van der Waals surface area contributed by atoms with Gasteiger partial charge >= 0.3 is 0 Å². The van der Waals surface area contributed by atoms with Crippen LogP contribution in [0.3, 0.4) is 0 Å². The number of ketones is 1. The Labute approximate surface area is 119 Å². The maximum absolute atomic E-state index is 12.1. The van der Waals surface area contributed by atoms with E-state index in [0.29, 0.717) is 24.6 Å². The van der Waals surface area contributed by atoms with Crippen molar-refractivity contribution in [3.05, 3.63) is 47.8 Å². The van der Waals surface area contributed by atoms with E-state index in [1.54, 1.807) is 0 Å². The molecule has 106 valence electrons. The summed E-state index contributed by atoms with van der Waals surface area (Å²) in [4.78, 5) is 12.1. The number of anilines is 1.